The van der Waals surface area contributed by atoms with Gasteiger partial charge in [0.1, 0.15) is 0 Å². The monoisotopic (exact) mass is 279 g/mol. The van der Waals surface area contributed by atoms with E-state index in [1.807, 2.05) is 4.57 Å². The molecule has 0 atom stereocenters. The number of aromatic nitrogens is 2. The Labute approximate surface area is 121 Å². The first-order chi connectivity index (χ1) is 10.1. The third kappa shape index (κ3) is 2.29. The van der Waals surface area contributed by atoms with E-state index in [2.05, 4.69) is 4.98 Å². The highest BCUT2D eigenvalue weighted by Gasteiger charge is 2.09. The number of ketones is 1. The van der Waals surface area contributed by atoms with Crippen molar-refractivity contribution in [1.82, 2.24) is 9.55 Å². The molecule has 0 aliphatic rings. The zero-order valence-corrected chi connectivity index (χ0v) is 11.4. The van der Waals surface area contributed by atoms with Crippen molar-refractivity contribution in [3.63, 3.8) is 0 Å². The van der Waals surface area contributed by atoms with Crippen LogP contribution in [0, 0.1) is 0 Å². The van der Waals surface area contributed by atoms with Crippen LogP contribution in [0.15, 0.2) is 49.1 Å². The van der Waals surface area contributed by atoms with E-state index in [1.54, 1.807) is 49.1 Å². The van der Waals surface area contributed by atoms with E-state index in [0.29, 0.717) is 11.1 Å². The fraction of sp³-hybridized carbons (Fsp3) is 0.0625. The van der Waals surface area contributed by atoms with E-state index in [-0.39, 0.29) is 5.78 Å². The minimum absolute atomic E-state index is 0.000212. The van der Waals surface area contributed by atoms with E-state index < -0.39 is 5.91 Å². The Bertz CT molecular complexity index is 865. The highest BCUT2D eigenvalue weighted by molar-refractivity contribution is 6.00. The lowest BCUT2D eigenvalue weighted by molar-refractivity contribution is 0.0996. The van der Waals surface area contributed by atoms with Gasteiger partial charge in [-0.15, -0.1) is 0 Å². The Balaban J connectivity index is 2.23. The molecule has 5 heteroatoms. The molecule has 0 saturated carbocycles. The average Bonchev–Trinajstić information content (AvgIpc) is 2.95. The minimum atomic E-state index is -0.475. The highest BCUT2D eigenvalue weighted by Crippen LogP contribution is 2.23. The summed E-state index contributed by atoms with van der Waals surface area (Å²) in [6, 6.07) is 6.97. The molecule has 0 saturated heterocycles. The SMILES string of the molecule is CC(=O)c1ccn(-c2cncc3ccc(C(N)=O)cc23)c1. The number of hydrogen-bond donors (Lipinski definition) is 1. The third-order valence-corrected chi connectivity index (χ3v) is 3.40. The molecule has 104 valence electrons. The van der Waals surface area contributed by atoms with Crippen LogP contribution in [0.2, 0.25) is 0 Å². The molecule has 1 aromatic carbocycles. The van der Waals surface area contributed by atoms with Gasteiger partial charge in [0, 0.05) is 40.5 Å². The second-order valence-electron chi connectivity index (χ2n) is 4.82. The quantitative estimate of drug-likeness (QED) is 0.747. The molecule has 2 heterocycles. The van der Waals surface area contributed by atoms with Crippen molar-refractivity contribution in [2.45, 2.75) is 6.92 Å². The molecule has 3 rings (SSSR count). The predicted octanol–water partition coefficient (Wildman–Crippen LogP) is 2.33. The maximum Gasteiger partial charge on any atom is 0.248 e. The number of rotatable bonds is 3. The van der Waals surface area contributed by atoms with Gasteiger partial charge in [0.2, 0.25) is 5.91 Å². The van der Waals surface area contributed by atoms with Crippen molar-refractivity contribution in [1.29, 1.82) is 0 Å². The number of hydrogen-bond acceptors (Lipinski definition) is 3. The molecule has 0 bridgehead atoms. The summed E-state index contributed by atoms with van der Waals surface area (Å²) in [5, 5.41) is 1.75. The Morgan fingerprint density at radius 2 is 1.95 bits per heavy atom. The number of fused-ring (bicyclic) bond motifs is 1. The van der Waals surface area contributed by atoms with Crippen LogP contribution in [-0.2, 0) is 0 Å². The van der Waals surface area contributed by atoms with Gasteiger partial charge in [-0.05, 0) is 25.1 Å². The topological polar surface area (TPSA) is 78.0 Å². The number of benzene rings is 1. The fourth-order valence-electron chi connectivity index (χ4n) is 2.26. The van der Waals surface area contributed by atoms with Crippen LogP contribution in [0.25, 0.3) is 16.5 Å². The van der Waals surface area contributed by atoms with Gasteiger partial charge < -0.3 is 10.3 Å². The highest BCUT2D eigenvalue weighted by atomic mass is 16.1. The average molecular weight is 279 g/mol. The molecule has 0 radical (unpaired) electrons. The summed E-state index contributed by atoms with van der Waals surface area (Å²) in [5.41, 5.74) is 7.19. The Kier molecular flexibility index (Phi) is 3.02. The van der Waals surface area contributed by atoms with Crippen molar-refractivity contribution in [3.8, 4) is 5.69 Å². The van der Waals surface area contributed by atoms with Gasteiger partial charge in [-0.2, -0.15) is 0 Å². The van der Waals surface area contributed by atoms with Crippen molar-refractivity contribution < 1.29 is 9.59 Å². The maximum absolute atomic E-state index is 11.4. The summed E-state index contributed by atoms with van der Waals surface area (Å²) in [6.45, 7) is 1.52. The molecule has 2 aromatic heterocycles. The number of nitrogens with two attached hydrogens (primary N) is 1. The molecule has 0 aliphatic carbocycles. The zero-order chi connectivity index (χ0) is 15.0. The van der Waals surface area contributed by atoms with E-state index >= 15 is 0 Å². The Hall–Kier alpha value is -2.95. The molecule has 21 heavy (non-hydrogen) atoms. The van der Waals surface area contributed by atoms with Crippen LogP contribution in [-0.4, -0.2) is 21.2 Å². The molecule has 2 N–H and O–H groups in total. The molecule has 0 spiro atoms. The number of primary amides is 1. The van der Waals surface area contributed by atoms with Gasteiger partial charge in [0.25, 0.3) is 0 Å². The van der Waals surface area contributed by atoms with Gasteiger partial charge in [0.05, 0.1) is 11.9 Å². The number of pyridine rings is 1. The first-order valence-corrected chi connectivity index (χ1v) is 6.43. The summed E-state index contributed by atoms with van der Waals surface area (Å²) >= 11 is 0. The summed E-state index contributed by atoms with van der Waals surface area (Å²) in [6.07, 6.45) is 6.95. The molecule has 0 unspecified atom stereocenters. The molecule has 0 fully saturated rings. The Morgan fingerprint density at radius 1 is 1.14 bits per heavy atom. The lowest BCUT2D eigenvalue weighted by atomic mass is 10.1. The van der Waals surface area contributed by atoms with E-state index in [4.69, 9.17) is 5.73 Å². The lowest BCUT2D eigenvalue weighted by Crippen LogP contribution is -2.10. The third-order valence-electron chi connectivity index (χ3n) is 3.40. The molecular formula is C16H13N3O2. The van der Waals surface area contributed by atoms with Crippen LogP contribution in [0.3, 0.4) is 0 Å². The van der Waals surface area contributed by atoms with Crippen molar-refractivity contribution in [2.75, 3.05) is 0 Å². The lowest BCUT2D eigenvalue weighted by Gasteiger charge is -2.08. The van der Waals surface area contributed by atoms with Crippen LogP contribution >= 0.6 is 0 Å². The number of carbonyl (C=O) groups excluding carboxylic acids is 2. The first-order valence-electron chi connectivity index (χ1n) is 6.43. The molecule has 3 aromatic rings. The molecule has 0 aliphatic heterocycles. The van der Waals surface area contributed by atoms with Crippen LogP contribution in [0.5, 0.6) is 0 Å². The van der Waals surface area contributed by atoms with Gasteiger partial charge >= 0.3 is 0 Å². The Morgan fingerprint density at radius 3 is 2.62 bits per heavy atom. The second kappa shape index (κ2) is 4.86. The van der Waals surface area contributed by atoms with Gasteiger partial charge in [-0.25, -0.2) is 0 Å². The smallest absolute Gasteiger partial charge is 0.248 e. The van der Waals surface area contributed by atoms with E-state index in [0.717, 1.165) is 16.5 Å². The van der Waals surface area contributed by atoms with Crippen molar-refractivity contribution in [2.24, 2.45) is 5.73 Å². The predicted molar refractivity (Wildman–Crippen MR) is 79.6 cm³/mol. The summed E-state index contributed by atoms with van der Waals surface area (Å²) in [5.74, 6) is -0.476. The summed E-state index contributed by atoms with van der Waals surface area (Å²) in [4.78, 5) is 26.9. The van der Waals surface area contributed by atoms with Crippen LogP contribution in [0.1, 0.15) is 27.6 Å². The van der Waals surface area contributed by atoms with Gasteiger partial charge in [-0.3, -0.25) is 14.6 Å². The molecule has 1 amide bonds. The minimum Gasteiger partial charge on any atom is -0.366 e. The number of amides is 1. The number of Topliss-reactive ketones (excluding diaryl/α,β-unsaturated/α-hetero) is 1. The summed E-state index contributed by atoms with van der Waals surface area (Å²) < 4.78 is 1.82. The summed E-state index contributed by atoms with van der Waals surface area (Å²) in [7, 11) is 0. The van der Waals surface area contributed by atoms with E-state index in [1.165, 1.54) is 6.92 Å². The fourth-order valence-corrected chi connectivity index (χ4v) is 2.26. The van der Waals surface area contributed by atoms with Crippen LogP contribution < -0.4 is 5.73 Å². The number of carbonyl (C=O) groups is 2. The second-order valence-corrected chi connectivity index (χ2v) is 4.82. The standard InChI is InChI=1S/C16H13N3O2/c1-10(20)13-4-5-19(9-13)15-8-18-7-12-3-2-11(16(17)21)6-14(12)15/h2-9H,1H3,(H2,17,21). The number of nitrogens with zero attached hydrogens (tertiary/aromatic N) is 2. The van der Waals surface area contributed by atoms with Crippen molar-refractivity contribution in [3.05, 3.63) is 60.2 Å². The van der Waals surface area contributed by atoms with Crippen LogP contribution in [0.4, 0.5) is 0 Å². The van der Waals surface area contributed by atoms with Gasteiger partial charge in [0.15, 0.2) is 5.78 Å². The largest absolute Gasteiger partial charge is 0.366 e. The molecular weight excluding hydrogens is 266 g/mol. The normalized spacial score (nSPS) is 10.7. The maximum atomic E-state index is 11.4. The van der Waals surface area contributed by atoms with Gasteiger partial charge in [-0.1, -0.05) is 6.07 Å². The first kappa shape index (κ1) is 13.1. The molecule has 5 nitrogen and oxygen atoms in total. The zero-order valence-electron chi connectivity index (χ0n) is 11.4. The van der Waals surface area contributed by atoms with Crippen molar-refractivity contribution >= 4 is 22.5 Å². The van der Waals surface area contributed by atoms with E-state index in [9.17, 15) is 9.59 Å².